The average molecular weight is 294 g/mol. The maximum absolute atomic E-state index is 11.8. The van der Waals surface area contributed by atoms with Crippen LogP contribution < -0.4 is 15.8 Å². The number of primary amides is 1. The second-order valence-corrected chi connectivity index (χ2v) is 4.33. The van der Waals surface area contributed by atoms with Gasteiger partial charge in [0, 0.05) is 0 Å². The first-order valence-corrected chi connectivity index (χ1v) is 6.39. The summed E-state index contributed by atoms with van der Waals surface area (Å²) < 4.78 is 9.90. The quantitative estimate of drug-likeness (QED) is 0.624. The second-order valence-electron chi connectivity index (χ2n) is 4.33. The fourth-order valence-electron chi connectivity index (χ4n) is 1.55. The highest BCUT2D eigenvalue weighted by Gasteiger charge is 2.22. The summed E-state index contributed by atoms with van der Waals surface area (Å²) in [7, 11) is 1.37. The van der Waals surface area contributed by atoms with Crippen molar-refractivity contribution in [2.45, 2.75) is 26.4 Å². The molecule has 0 aliphatic rings. The minimum absolute atomic E-state index is 0.00955. The maximum atomic E-state index is 11.8. The molecule has 7 nitrogen and oxygen atoms in total. The molecule has 0 aliphatic carbocycles. The number of anilines is 1. The first-order valence-electron chi connectivity index (χ1n) is 6.39. The SMILES string of the molecule is CCC(C)OC(=O)C(=O)Nc1cccc(OC)c1C(N)=O. The molecule has 2 amide bonds. The number of carbonyl (C=O) groups is 3. The van der Waals surface area contributed by atoms with Gasteiger partial charge in [0.2, 0.25) is 0 Å². The lowest BCUT2D eigenvalue weighted by Gasteiger charge is -2.13. The molecule has 21 heavy (non-hydrogen) atoms. The molecule has 0 aromatic heterocycles. The molecule has 1 aromatic carbocycles. The van der Waals surface area contributed by atoms with Gasteiger partial charge in [0.05, 0.1) is 18.9 Å². The molecule has 3 N–H and O–H groups in total. The minimum Gasteiger partial charge on any atom is -0.496 e. The second kappa shape index (κ2) is 7.28. The third-order valence-corrected chi connectivity index (χ3v) is 2.81. The summed E-state index contributed by atoms with van der Waals surface area (Å²) in [6.07, 6.45) is 0.217. The summed E-state index contributed by atoms with van der Waals surface area (Å²) in [6.45, 7) is 3.49. The Balaban J connectivity index is 2.95. The zero-order valence-electron chi connectivity index (χ0n) is 12.1. The van der Waals surface area contributed by atoms with Crippen molar-refractivity contribution in [2.24, 2.45) is 5.73 Å². The number of methoxy groups -OCH3 is 1. The monoisotopic (exact) mass is 294 g/mol. The van der Waals surface area contributed by atoms with Crippen molar-refractivity contribution in [3.05, 3.63) is 23.8 Å². The van der Waals surface area contributed by atoms with Crippen LogP contribution in [0.5, 0.6) is 5.75 Å². The van der Waals surface area contributed by atoms with Gasteiger partial charge < -0.3 is 20.5 Å². The molecule has 0 fully saturated rings. The van der Waals surface area contributed by atoms with Gasteiger partial charge in [-0.3, -0.25) is 9.59 Å². The fraction of sp³-hybridized carbons (Fsp3) is 0.357. The lowest BCUT2D eigenvalue weighted by Crippen LogP contribution is -2.29. The molecule has 0 bridgehead atoms. The Hall–Kier alpha value is -2.57. The zero-order valence-corrected chi connectivity index (χ0v) is 12.1. The van der Waals surface area contributed by atoms with Gasteiger partial charge in [-0.25, -0.2) is 4.79 Å². The molecule has 0 radical (unpaired) electrons. The Labute approximate surface area is 122 Å². The lowest BCUT2D eigenvalue weighted by molar-refractivity contribution is -0.156. The van der Waals surface area contributed by atoms with Crippen molar-refractivity contribution in [1.29, 1.82) is 0 Å². The van der Waals surface area contributed by atoms with Gasteiger partial charge in [-0.2, -0.15) is 0 Å². The van der Waals surface area contributed by atoms with E-state index in [1.807, 2.05) is 6.92 Å². The zero-order chi connectivity index (χ0) is 16.0. The van der Waals surface area contributed by atoms with Gasteiger partial charge in [-0.05, 0) is 25.5 Å². The first-order chi connectivity index (χ1) is 9.90. The third kappa shape index (κ3) is 4.20. The summed E-state index contributed by atoms with van der Waals surface area (Å²) in [5.74, 6) is -2.58. The predicted octanol–water partition coefficient (Wildman–Crippen LogP) is 1.07. The Morgan fingerprint density at radius 3 is 2.52 bits per heavy atom. The Morgan fingerprint density at radius 1 is 1.33 bits per heavy atom. The van der Waals surface area contributed by atoms with E-state index in [9.17, 15) is 14.4 Å². The maximum Gasteiger partial charge on any atom is 0.397 e. The van der Waals surface area contributed by atoms with Crippen LogP contribution in [0.2, 0.25) is 0 Å². The molecule has 114 valence electrons. The van der Waals surface area contributed by atoms with Crippen LogP contribution in [-0.2, 0) is 14.3 Å². The van der Waals surface area contributed by atoms with E-state index in [2.05, 4.69) is 5.32 Å². The fourth-order valence-corrected chi connectivity index (χ4v) is 1.55. The molecule has 1 atom stereocenters. The minimum atomic E-state index is -1.03. The van der Waals surface area contributed by atoms with Crippen molar-refractivity contribution in [3.63, 3.8) is 0 Å². The molecule has 1 rings (SSSR count). The molecule has 0 spiro atoms. The van der Waals surface area contributed by atoms with Crippen LogP contribution in [-0.4, -0.2) is 31.0 Å². The Bertz CT molecular complexity index is 556. The average Bonchev–Trinajstić information content (AvgIpc) is 2.46. The number of nitrogens with two attached hydrogens (primary N) is 1. The topological polar surface area (TPSA) is 108 Å². The van der Waals surface area contributed by atoms with Crippen LogP contribution in [0.3, 0.4) is 0 Å². The highest BCUT2D eigenvalue weighted by atomic mass is 16.5. The Kier molecular flexibility index (Phi) is 5.71. The number of ether oxygens (including phenoxy) is 2. The van der Waals surface area contributed by atoms with E-state index in [0.29, 0.717) is 6.42 Å². The number of hydrogen-bond acceptors (Lipinski definition) is 5. The van der Waals surface area contributed by atoms with Gasteiger partial charge in [0.15, 0.2) is 0 Å². The third-order valence-electron chi connectivity index (χ3n) is 2.81. The van der Waals surface area contributed by atoms with Crippen LogP contribution in [0.4, 0.5) is 5.69 Å². The first kappa shape index (κ1) is 16.5. The van der Waals surface area contributed by atoms with Crippen molar-refractivity contribution < 1.29 is 23.9 Å². The van der Waals surface area contributed by atoms with Crippen LogP contribution in [0.25, 0.3) is 0 Å². The summed E-state index contributed by atoms with van der Waals surface area (Å²) >= 11 is 0. The molecular weight excluding hydrogens is 276 g/mol. The van der Waals surface area contributed by atoms with Crippen LogP contribution >= 0.6 is 0 Å². The summed E-state index contributed by atoms with van der Waals surface area (Å²) in [5, 5.41) is 2.30. The summed E-state index contributed by atoms with van der Waals surface area (Å²) in [6, 6.07) is 4.52. The van der Waals surface area contributed by atoms with Gasteiger partial charge >= 0.3 is 11.9 Å². The predicted molar refractivity (Wildman–Crippen MR) is 76.0 cm³/mol. The van der Waals surface area contributed by atoms with Crippen LogP contribution in [0.15, 0.2) is 18.2 Å². The number of carbonyl (C=O) groups excluding carboxylic acids is 3. The highest BCUT2D eigenvalue weighted by Crippen LogP contribution is 2.25. The van der Waals surface area contributed by atoms with Gasteiger partial charge in [0.1, 0.15) is 11.3 Å². The van der Waals surface area contributed by atoms with E-state index in [1.165, 1.54) is 19.2 Å². The molecule has 0 saturated carbocycles. The number of benzene rings is 1. The molecule has 7 heteroatoms. The highest BCUT2D eigenvalue weighted by molar-refractivity contribution is 6.37. The number of rotatable bonds is 5. The van der Waals surface area contributed by atoms with E-state index in [0.717, 1.165) is 0 Å². The van der Waals surface area contributed by atoms with Crippen molar-refractivity contribution in [1.82, 2.24) is 0 Å². The van der Waals surface area contributed by atoms with E-state index in [-0.39, 0.29) is 23.1 Å². The van der Waals surface area contributed by atoms with E-state index < -0.39 is 17.8 Å². The van der Waals surface area contributed by atoms with Crippen molar-refractivity contribution in [3.8, 4) is 5.75 Å². The number of nitrogens with one attached hydrogen (secondary N) is 1. The van der Waals surface area contributed by atoms with Crippen LogP contribution in [0, 0.1) is 0 Å². The number of amides is 2. The molecule has 0 aliphatic heterocycles. The van der Waals surface area contributed by atoms with Crippen molar-refractivity contribution in [2.75, 3.05) is 12.4 Å². The molecular formula is C14H18N2O5. The number of hydrogen-bond donors (Lipinski definition) is 2. The summed E-state index contributed by atoms with van der Waals surface area (Å²) in [5.41, 5.74) is 5.34. The standard InChI is InChI=1S/C14H18N2O5/c1-4-8(2)21-14(19)13(18)16-9-6-5-7-10(20-3)11(9)12(15)17/h5-8H,4H2,1-3H3,(H2,15,17)(H,16,18). The van der Waals surface area contributed by atoms with Gasteiger partial charge in [-0.1, -0.05) is 13.0 Å². The lowest BCUT2D eigenvalue weighted by atomic mass is 10.1. The number of esters is 1. The van der Waals surface area contributed by atoms with E-state index in [1.54, 1.807) is 13.0 Å². The van der Waals surface area contributed by atoms with Gasteiger partial charge in [-0.15, -0.1) is 0 Å². The molecule has 1 aromatic rings. The van der Waals surface area contributed by atoms with Crippen molar-refractivity contribution >= 4 is 23.5 Å². The summed E-state index contributed by atoms with van der Waals surface area (Å²) in [4.78, 5) is 34.8. The largest absolute Gasteiger partial charge is 0.496 e. The van der Waals surface area contributed by atoms with Gasteiger partial charge in [0.25, 0.3) is 5.91 Å². The normalized spacial score (nSPS) is 11.4. The van der Waals surface area contributed by atoms with E-state index >= 15 is 0 Å². The van der Waals surface area contributed by atoms with E-state index in [4.69, 9.17) is 15.2 Å². The molecule has 0 heterocycles. The Morgan fingerprint density at radius 2 is 2.00 bits per heavy atom. The van der Waals surface area contributed by atoms with Crippen LogP contribution in [0.1, 0.15) is 30.6 Å². The smallest absolute Gasteiger partial charge is 0.397 e. The molecule has 0 saturated heterocycles. The molecule has 1 unspecified atom stereocenters.